The molecule has 0 bridgehead atoms. The number of hydrogen-bond acceptors (Lipinski definition) is 3. The van der Waals surface area contributed by atoms with Crippen LogP contribution in [0, 0.1) is 0 Å². The van der Waals surface area contributed by atoms with Crippen molar-refractivity contribution in [3.05, 3.63) is 57.0 Å². The predicted octanol–water partition coefficient (Wildman–Crippen LogP) is 5.37. The van der Waals surface area contributed by atoms with Crippen molar-refractivity contribution < 1.29 is 4.79 Å². The van der Waals surface area contributed by atoms with E-state index >= 15 is 0 Å². The molecule has 2 aromatic rings. The minimum absolute atomic E-state index is 0.158. The zero-order chi connectivity index (χ0) is 18.7. The van der Waals surface area contributed by atoms with Crippen LogP contribution in [0.15, 0.2) is 36.4 Å². The molecular formula is C18H16Cl3N3OS. The fourth-order valence-electron chi connectivity index (χ4n) is 2.81. The molecule has 0 unspecified atom stereocenters. The molecule has 2 aromatic carbocycles. The zero-order valence-corrected chi connectivity index (χ0v) is 16.8. The van der Waals surface area contributed by atoms with Crippen molar-refractivity contribution in [2.45, 2.75) is 12.8 Å². The summed E-state index contributed by atoms with van der Waals surface area (Å²) in [7, 11) is 0. The Bertz CT molecular complexity index is 854. The first kappa shape index (κ1) is 19.2. The number of nitrogens with one attached hydrogen (secondary N) is 2. The maximum absolute atomic E-state index is 12.3. The number of hydrogen-bond donors (Lipinski definition) is 2. The first-order valence-electron chi connectivity index (χ1n) is 8.06. The van der Waals surface area contributed by atoms with Crippen LogP contribution in [0.5, 0.6) is 0 Å². The van der Waals surface area contributed by atoms with Gasteiger partial charge < -0.3 is 10.2 Å². The van der Waals surface area contributed by atoms with E-state index < -0.39 is 5.91 Å². The van der Waals surface area contributed by atoms with Gasteiger partial charge in [-0.15, -0.1) is 0 Å². The Kier molecular flexibility index (Phi) is 6.24. The van der Waals surface area contributed by atoms with Gasteiger partial charge in [0.1, 0.15) is 0 Å². The lowest BCUT2D eigenvalue weighted by molar-refractivity contribution is 0.0978. The maximum Gasteiger partial charge on any atom is 0.258 e. The van der Waals surface area contributed by atoms with Gasteiger partial charge in [0.05, 0.1) is 21.3 Å². The van der Waals surface area contributed by atoms with Gasteiger partial charge in [-0.2, -0.15) is 0 Å². The SMILES string of the molecule is O=C(NC(=S)Nc1ccc(N2CCCC2)c(Cl)c1)c1ccc(Cl)cc1Cl. The lowest BCUT2D eigenvalue weighted by Gasteiger charge is -2.20. The predicted molar refractivity (Wildman–Crippen MR) is 113 cm³/mol. The molecule has 3 rings (SSSR count). The van der Waals surface area contributed by atoms with Gasteiger partial charge >= 0.3 is 0 Å². The molecule has 1 saturated heterocycles. The number of amides is 1. The Balaban J connectivity index is 1.64. The van der Waals surface area contributed by atoms with Gasteiger partial charge in [0.25, 0.3) is 5.91 Å². The second-order valence-electron chi connectivity index (χ2n) is 5.89. The van der Waals surface area contributed by atoms with Crippen molar-refractivity contribution >= 4 is 69.4 Å². The molecule has 0 radical (unpaired) electrons. The van der Waals surface area contributed by atoms with Crippen LogP contribution in [0.25, 0.3) is 0 Å². The number of nitrogens with zero attached hydrogens (tertiary/aromatic N) is 1. The highest BCUT2D eigenvalue weighted by atomic mass is 35.5. The summed E-state index contributed by atoms with van der Waals surface area (Å²) < 4.78 is 0. The molecule has 2 N–H and O–H groups in total. The standard InChI is InChI=1S/C18H16Cl3N3OS/c19-11-3-5-13(14(20)9-11)17(25)23-18(26)22-12-4-6-16(15(21)10-12)24-7-1-2-8-24/h3-6,9-10H,1-2,7-8H2,(H2,22,23,25,26). The third kappa shape index (κ3) is 4.60. The Morgan fingerprint density at radius 2 is 1.73 bits per heavy atom. The number of benzene rings is 2. The highest BCUT2D eigenvalue weighted by Crippen LogP contribution is 2.31. The second-order valence-corrected chi connectivity index (χ2v) is 7.55. The summed E-state index contributed by atoms with van der Waals surface area (Å²) in [4.78, 5) is 14.5. The lowest BCUT2D eigenvalue weighted by atomic mass is 10.2. The van der Waals surface area contributed by atoms with Crippen molar-refractivity contribution in [3.8, 4) is 0 Å². The average molecular weight is 429 g/mol. The van der Waals surface area contributed by atoms with Crippen LogP contribution in [0.3, 0.4) is 0 Å². The smallest absolute Gasteiger partial charge is 0.258 e. The summed E-state index contributed by atoms with van der Waals surface area (Å²) in [5.41, 5.74) is 2.01. The monoisotopic (exact) mass is 427 g/mol. The van der Waals surface area contributed by atoms with Crippen LogP contribution < -0.4 is 15.5 Å². The zero-order valence-electron chi connectivity index (χ0n) is 13.7. The Morgan fingerprint density at radius 3 is 2.38 bits per heavy atom. The third-order valence-corrected chi connectivity index (χ3v) is 5.11. The molecule has 26 heavy (non-hydrogen) atoms. The minimum Gasteiger partial charge on any atom is -0.370 e. The first-order valence-corrected chi connectivity index (χ1v) is 9.60. The van der Waals surface area contributed by atoms with Gasteiger partial charge in [-0.3, -0.25) is 10.1 Å². The molecule has 1 fully saturated rings. The molecule has 1 heterocycles. The number of anilines is 2. The summed E-state index contributed by atoms with van der Waals surface area (Å²) in [6.07, 6.45) is 2.36. The largest absolute Gasteiger partial charge is 0.370 e. The molecular weight excluding hydrogens is 413 g/mol. The summed E-state index contributed by atoms with van der Waals surface area (Å²) in [5.74, 6) is -0.413. The molecule has 8 heteroatoms. The van der Waals surface area contributed by atoms with Gasteiger partial charge in [0.2, 0.25) is 0 Å². The van der Waals surface area contributed by atoms with Gasteiger partial charge in [0.15, 0.2) is 5.11 Å². The van der Waals surface area contributed by atoms with Gasteiger partial charge in [-0.1, -0.05) is 34.8 Å². The normalized spacial score (nSPS) is 13.6. The van der Waals surface area contributed by atoms with E-state index in [0.717, 1.165) is 18.8 Å². The highest BCUT2D eigenvalue weighted by molar-refractivity contribution is 7.80. The van der Waals surface area contributed by atoms with Gasteiger partial charge in [-0.05, 0) is 61.5 Å². The summed E-state index contributed by atoms with van der Waals surface area (Å²) >= 11 is 23.5. The van der Waals surface area contributed by atoms with Crippen molar-refractivity contribution in [1.82, 2.24) is 5.32 Å². The molecule has 136 valence electrons. The molecule has 1 aliphatic heterocycles. The first-order chi connectivity index (χ1) is 12.4. The van der Waals surface area contributed by atoms with E-state index in [0.29, 0.717) is 21.3 Å². The van der Waals surface area contributed by atoms with Crippen molar-refractivity contribution in [2.24, 2.45) is 0 Å². The number of thiocarbonyl (C=S) groups is 1. The Morgan fingerprint density at radius 1 is 1.00 bits per heavy atom. The molecule has 0 aliphatic carbocycles. The van der Waals surface area contributed by atoms with E-state index in [1.165, 1.54) is 18.9 Å². The Hall–Kier alpha value is -1.53. The molecule has 0 atom stereocenters. The number of carbonyl (C=O) groups excluding carboxylic acids is 1. The molecule has 4 nitrogen and oxygen atoms in total. The van der Waals surface area contributed by atoms with Crippen LogP contribution >= 0.6 is 47.0 Å². The topological polar surface area (TPSA) is 44.4 Å². The average Bonchev–Trinajstić information content (AvgIpc) is 3.08. The van der Waals surface area contributed by atoms with E-state index in [9.17, 15) is 4.79 Å². The number of carbonyl (C=O) groups is 1. The molecule has 0 spiro atoms. The van der Waals surface area contributed by atoms with E-state index in [1.807, 2.05) is 12.1 Å². The Labute approximate surface area is 172 Å². The highest BCUT2D eigenvalue weighted by Gasteiger charge is 2.16. The molecule has 0 saturated carbocycles. The lowest BCUT2D eigenvalue weighted by Crippen LogP contribution is -2.34. The maximum atomic E-state index is 12.3. The minimum atomic E-state index is -0.413. The second kappa shape index (κ2) is 8.44. The fourth-order valence-corrected chi connectivity index (χ4v) is 3.81. The summed E-state index contributed by atoms with van der Waals surface area (Å²) in [6, 6.07) is 10.3. The number of halogens is 3. The van der Waals surface area contributed by atoms with Crippen LogP contribution in [0.2, 0.25) is 15.1 Å². The fraction of sp³-hybridized carbons (Fsp3) is 0.222. The van der Waals surface area contributed by atoms with Crippen molar-refractivity contribution in [3.63, 3.8) is 0 Å². The van der Waals surface area contributed by atoms with E-state index in [1.54, 1.807) is 18.2 Å². The van der Waals surface area contributed by atoms with Crippen LogP contribution in [0.1, 0.15) is 23.2 Å². The quantitative estimate of drug-likeness (QED) is 0.645. The number of rotatable bonds is 3. The summed E-state index contributed by atoms with van der Waals surface area (Å²) in [6.45, 7) is 2.03. The summed E-state index contributed by atoms with van der Waals surface area (Å²) in [5, 5.41) is 7.08. The molecule has 1 aliphatic rings. The van der Waals surface area contributed by atoms with Gasteiger partial charge in [-0.25, -0.2) is 0 Å². The van der Waals surface area contributed by atoms with Crippen molar-refractivity contribution in [1.29, 1.82) is 0 Å². The van der Waals surface area contributed by atoms with E-state index in [4.69, 9.17) is 47.0 Å². The van der Waals surface area contributed by atoms with E-state index in [-0.39, 0.29) is 10.1 Å². The molecule has 0 aromatic heterocycles. The molecule has 1 amide bonds. The van der Waals surface area contributed by atoms with Crippen molar-refractivity contribution in [2.75, 3.05) is 23.3 Å². The third-order valence-electron chi connectivity index (χ3n) is 4.06. The van der Waals surface area contributed by atoms with Crippen LogP contribution in [-0.4, -0.2) is 24.1 Å². The van der Waals surface area contributed by atoms with Gasteiger partial charge in [0, 0.05) is 23.8 Å². The van der Waals surface area contributed by atoms with Crippen LogP contribution in [-0.2, 0) is 0 Å². The van der Waals surface area contributed by atoms with E-state index in [2.05, 4.69) is 15.5 Å². The van der Waals surface area contributed by atoms with Crippen LogP contribution in [0.4, 0.5) is 11.4 Å².